The lowest BCUT2D eigenvalue weighted by atomic mass is 10.0. The van der Waals surface area contributed by atoms with Gasteiger partial charge in [0.2, 0.25) is 6.10 Å². The van der Waals surface area contributed by atoms with Crippen molar-refractivity contribution in [3.63, 3.8) is 0 Å². The number of esters is 1. The fourth-order valence-electron chi connectivity index (χ4n) is 3.16. The smallest absolute Gasteiger partial charge is 0.307 e. The summed E-state index contributed by atoms with van der Waals surface area (Å²) in [5.74, 6) is -0.671. The summed E-state index contributed by atoms with van der Waals surface area (Å²) in [5, 5.41) is 0. The Hall–Kier alpha value is -3.40. The van der Waals surface area contributed by atoms with Gasteiger partial charge in [-0.2, -0.15) is 0 Å². The van der Waals surface area contributed by atoms with Gasteiger partial charge in [0.15, 0.2) is 0 Å². The fourth-order valence-corrected chi connectivity index (χ4v) is 3.16. The predicted molar refractivity (Wildman–Crippen MR) is 115 cm³/mol. The van der Waals surface area contributed by atoms with Crippen LogP contribution >= 0.6 is 0 Å². The van der Waals surface area contributed by atoms with E-state index in [-0.39, 0.29) is 12.3 Å². The zero-order chi connectivity index (χ0) is 20.6. The van der Waals surface area contributed by atoms with Crippen LogP contribution in [0, 0.1) is 6.92 Å². The first-order valence-electron chi connectivity index (χ1n) is 9.68. The third-order valence-electron chi connectivity index (χ3n) is 4.88. The van der Waals surface area contributed by atoms with Gasteiger partial charge in [0.25, 0.3) is 5.91 Å². The first-order valence-corrected chi connectivity index (χ1v) is 9.68. The van der Waals surface area contributed by atoms with Crippen LogP contribution in [0.3, 0.4) is 0 Å². The topological polar surface area (TPSA) is 46.6 Å². The Morgan fingerprint density at radius 2 is 1.45 bits per heavy atom. The maximum Gasteiger partial charge on any atom is 0.307 e. The van der Waals surface area contributed by atoms with E-state index in [1.807, 2.05) is 91.9 Å². The van der Waals surface area contributed by atoms with Gasteiger partial charge in [0.05, 0.1) is 0 Å². The molecular formula is C25H25NO3. The summed E-state index contributed by atoms with van der Waals surface area (Å²) in [7, 11) is 1.70. The van der Waals surface area contributed by atoms with Gasteiger partial charge >= 0.3 is 5.97 Å². The molecule has 3 rings (SSSR count). The number of hydrogen-bond acceptors (Lipinski definition) is 3. The maximum atomic E-state index is 13.3. The van der Waals surface area contributed by atoms with Crippen molar-refractivity contribution in [1.29, 1.82) is 0 Å². The first-order chi connectivity index (χ1) is 14.1. The monoisotopic (exact) mass is 387 g/mol. The van der Waals surface area contributed by atoms with Crippen molar-refractivity contribution in [3.8, 4) is 0 Å². The molecule has 0 aliphatic carbocycles. The van der Waals surface area contributed by atoms with Crippen molar-refractivity contribution >= 4 is 17.6 Å². The van der Waals surface area contributed by atoms with Gasteiger partial charge < -0.3 is 9.64 Å². The molecule has 0 spiro atoms. The Kier molecular flexibility index (Phi) is 6.80. The third kappa shape index (κ3) is 5.32. The largest absolute Gasteiger partial charge is 0.447 e. The van der Waals surface area contributed by atoms with Gasteiger partial charge in [-0.3, -0.25) is 9.59 Å². The summed E-state index contributed by atoms with van der Waals surface area (Å²) < 4.78 is 5.71. The van der Waals surface area contributed by atoms with Crippen LogP contribution in [-0.2, 0) is 20.7 Å². The second-order valence-electron chi connectivity index (χ2n) is 6.94. The number of benzene rings is 3. The highest BCUT2D eigenvalue weighted by Crippen LogP contribution is 2.26. The van der Waals surface area contributed by atoms with Crippen LogP contribution in [0.25, 0.3) is 0 Å². The first kappa shape index (κ1) is 20.3. The summed E-state index contributed by atoms with van der Waals surface area (Å²) in [6.45, 7) is 1.91. The number of rotatable bonds is 7. The Balaban J connectivity index is 1.79. The molecule has 1 amide bonds. The molecule has 0 bridgehead atoms. The van der Waals surface area contributed by atoms with Crippen LogP contribution < -0.4 is 4.90 Å². The van der Waals surface area contributed by atoms with E-state index in [0.717, 1.165) is 16.8 Å². The van der Waals surface area contributed by atoms with Crippen molar-refractivity contribution in [3.05, 3.63) is 102 Å². The molecule has 0 N–H and O–H groups in total. The summed E-state index contributed by atoms with van der Waals surface area (Å²) in [6, 6.07) is 26.6. The molecule has 0 aliphatic heterocycles. The van der Waals surface area contributed by atoms with E-state index in [2.05, 4.69) is 0 Å². The highest BCUT2D eigenvalue weighted by Gasteiger charge is 2.29. The molecule has 3 aromatic carbocycles. The zero-order valence-electron chi connectivity index (χ0n) is 16.7. The average molecular weight is 387 g/mol. The van der Waals surface area contributed by atoms with Gasteiger partial charge in [0.1, 0.15) is 0 Å². The lowest BCUT2D eigenvalue weighted by molar-refractivity contribution is -0.155. The van der Waals surface area contributed by atoms with E-state index < -0.39 is 12.1 Å². The molecular weight excluding hydrogens is 362 g/mol. The normalized spacial score (nSPS) is 11.5. The zero-order valence-corrected chi connectivity index (χ0v) is 16.7. The number of hydrogen-bond donors (Lipinski definition) is 0. The minimum atomic E-state index is -0.982. The number of para-hydroxylation sites is 1. The summed E-state index contributed by atoms with van der Waals surface area (Å²) in [4.78, 5) is 27.4. The van der Waals surface area contributed by atoms with Crippen molar-refractivity contribution in [2.45, 2.75) is 25.9 Å². The van der Waals surface area contributed by atoms with Gasteiger partial charge in [0, 0.05) is 24.7 Å². The van der Waals surface area contributed by atoms with E-state index in [9.17, 15) is 9.59 Å². The van der Waals surface area contributed by atoms with E-state index in [1.54, 1.807) is 7.05 Å². The van der Waals surface area contributed by atoms with Crippen LogP contribution in [0.2, 0.25) is 0 Å². The van der Waals surface area contributed by atoms with Crippen LogP contribution in [0.5, 0.6) is 0 Å². The predicted octanol–water partition coefficient (Wildman–Crippen LogP) is 4.88. The second kappa shape index (κ2) is 9.69. The molecule has 0 saturated carbocycles. The highest BCUT2D eigenvalue weighted by atomic mass is 16.5. The molecule has 148 valence electrons. The summed E-state index contributed by atoms with van der Waals surface area (Å²) >= 11 is 0. The van der Waals surface area contributed by atoms with Crippen LogP contribution in [0.4, 0.5) is 5.69 Å². The summed E-state index contributed by atoms with van der Waals surface area (Å²) in [5.41, 5.74) is 3.41. The van der Waals surface area contributed by atoms with Crippen LogP contribution in [0.1, 0.15) is 29.2 Å². The van der Waals surface area contributed by atoms with Gasteiger partial charge in [-0.1, -0.05) is 72.8 Å². The number of amides is 1. The third-order valence-corrected chi connectivity index (χ3v) is 4.88. The number of nitrogens with zero attached hydrogens (tertiary/aromatic N) is 1. The fraction of sp³-hybridized carbons (Fsp3) is 0.200. The van der Waals surface area contributed by atoms with E-state index in [4.69, 9.17) is 4.74 Å². The standard InChI is InChI=1S/C25H25NO3/c1-19-11-9-10-16-22(19)24(25(28)26(2)21-14-7-4-8-15-21)29-23(27)18-17-20-12-5-3-6-13-20/h3-16,24H,17-18H2,1-2H3/t24-/m0/s1. The van der Waals surface area contributed by atoms with E-state index >= 15 is 0 Å². The molecule has 1 atom stereocenters. The number of aryl methyl sites for hydroxylation is 2. The molecule has 0 aromatic heterocycles. The quantitative estimate of drug-likeness (QED) is 0.543. The number of ether oxygens (including phenoxy) is 1. The Labute approximate surface area is 171 Å². The minimum Gasteiger partial charge on any atom is -0.447 e. The number of carbonyl (C=O) groups excluding carboxylic acids is 2. The Morgan fingerprint density at radius 1 is 0.862 bits per heavy atom. The molecule has 29 heavy (non-hydrogen) atoms. The Morgan fingerprint density at radius 3 is 2.10 bits per heavy atom. The molecule has 0 radical (unpaired) electrons. The molecule has 0 aliphatic rings. The van der Waals surface area contributed by atoms with Gasteiger partial charge in [-0.05, 0) is 36.6 Å². The van der Waals surface area contributed by atoms with Gasteiger partial charge in [-0.25, -0.2) is 0 Å². The van der Waals surface area contributed by atoms with Crippen molar-refractivity contribution in [2.24, 2.45) is 0 Å². The molecule has 3 aromatic rings. The molecule has 0 saturated heterocycles. The lowest BCUT2D eigenvalue weighted by Crippen LogP contribution is -2.34. The number of likely N-dealkylation sites (N-methyl/N-ethyl adjacent to an activating group) is 1. The molecule has 0 heterocycles. The van der Waals surface area contributed by atoms with Crippen molar-refractivity contribution in [1.82, 2.24) is 0 Å². The van der Waals surface area contributed by atoms with Gasteiger partial charge in [-0.15, -0.1) is 0 Å². The van der Waals surface area contributed by atoms with Crippen molar-refractivity contribution in [2.75, 3.05) is 11.9 Å². The van der Waals surface area contributed by atoms with Crippen molar-refractivity contribution < 1.29 is 14.3 Å². The highest BCUT2D eigenvalue weighted by molar-refractivity contribution is 5.98. The minimum absolute atomic E-state index is 0.217. The molecule has 0 fully saturated rings. The van der Waals surface area contributed by atoms with E-state index in [1.165, 1.54) is 4.90 Å². The maximum absolute atomic E-state index is 13.3. The summed E-state index contributed by atoms with van der Waals surface area (Å²) in [6.07, 6.45) is -0.192. The van der Waals surface area contributed by atoms with E-state index in [0.29, 0.717) is 12.0 Å². The molecule has 4 nitrogen and oxygen atoms in total. The lowest BCUT2D eigenvalue weighted by Gasteiger charge is -2.25. The average Bonchev–Trinajstić information content (AvgIpc) is 2.77. The second-order valence-corrected chi connectivity index (χ2v) is 6.94. The molecule has 0 unspecified atom stereocenters. The van der Waals surface area contributed by atoms with Crippen LogP contribution in [0.15, 0.2) is 84.9 Å². The van der Waals surface area contributed by atoms with Crippen LogP contribution in [-0.4, -0.2) is 18.9 Å². The number of carbonyl (C=O) groups is 2. The molecule has 4 heteroatoms. The number of anilines is 1. The SMILES string of the molecule is Cc1ccccc1[C@H](OC(=O)CCc1ccccc1)C(=O)N(C)c1ccccc1. The Bertz CT molecular complexity index is 954.